The van der Waals surface area contributed by atoms with Crippen molar-refractivity contribution in [1.82, 2.24) is 4.90 Å². The van der Waals surface area contributed by atoms with E-state index >= 15 is 0 Å². The Morgan fingerprint density at radius 2 is 1.95 bits per heavy atom. The number of nitrogen functional groups attached to an aromatic ring is 1. The van der Waals surface area contributed by atoms with Crippen LogP contribution in [0.2, 0.25) is 0 Å². The third-order valence-electron chi connectivity index (χ3n) is 2.35. The molecule has 1 aromatic rings. The number of hydrogen-bond acceptors (Lipinski definition) is 4. The molecular formula is C15H22BrN3O2. The predicted octanol–water partition coefficient (Wildman–Crippen LogP) is 3.09. The second kappa shape index (κ2) is 6.13. The summed E-state index contributed by atoms with van der Waals surface area (Å²) in [5.74, 6) is 0. The van der Waals surface area contributed by atoms with Gasteiger partial charge in [0.1, 0.15) is 5.60 Å². The van der Waals surface area contributed by atoms with E-state index in [4.69, 9.17) is 21.4 Å². The normalized spacial score (nSPS) is 31.2. The maximum absolute atomic E-state index is 12.6. The number of nitrogens with zero attached hydrogens (tertiary/aromatic N) is 2. The standard InChI is InChI=1S/C15H22BrN3O2/c1-15(2,3)21-14(20)19-8-6-18(7-9-19)13-5-4-11(16)10-12(13)17/h4-5,10H,6-9,17H2,1-3H3/i6D2,7D2,8D2,9D2. The first kappa shape index (κ1) is 8.27. The number of nitrogens with two attached hydrogens (primary N) is 1. The fourth-order valence-electron chi connectivity index (χ4n) is 1.50. The highest BCUT2D eigenvalue weighted by molar-refractivity contribution is 9.10. The van der Waals surface area contributed by atoms with Gasteiger partial charge in [-0.2, -0.15) is 0 Å². The first-order valence-corrected chi connectivity index (χ1v) is 6.96. The van der Waals surface area contributed by atoms with Crippen molar-refractivity contribution in [2.24, 2.45) is 0 Å². The lowest BCUT2D eigenvalue weighted by atomic mass is 10.2. The van der Waals surface area contributed by atoms with Crippen LogP contribution >= 0.6 is 15.9 Å². The van der Waals surface area contributed by atoms with Gasteiger partial charge in [0, 0.05) is 30.5 Å². The Bertz CT molecular complexity index is 800. The first-order chi connectivity index (χ1) is 12.8. The van der Waals surface area contributed by atoms with Crippen molar-refractivity contribution in [3.63, 3.8) is 0 Å². The molecule has 1 heterocycles. The summed E-state index contributed by atoms with van der Waals surface area (Å²) in [6, 6.07) is 4.03. The molecule has 1 saturated heterocycles. The van der Waals surface area contributed by atoms with Crippen LogP contribution in [0.1, 0.15) is 31.7 Å². The molecule has 6 heteroatoms. The zero-order valence-corrected chi connectivity index (χ0v) is 13.5. The third kappa shape index (κ3) is 4.27. The highest BCUT2D eigenvalue weighted by atomic mass is 79.9. The van der Waals surface area contributed by atoms with Gasteiger partial charge in [0.25, 0.3) is 0 Å². The molecule has 116 valence electrons. The second-order valence-electron chi connectivity index (χ2n) is 5.30. The number of ether oxygens (including phenoxy) is 1. The van der Waals surface area contributed by atoms with Gasteiger partial charge in [-0.05, 0) is 39.0 Å². The molecule has 1 aliphatic rings. The first-order valence-electron chi connectivity index (χ1n) is 10.2. The maximum atomic E-state index is 12.6. The van der Waals surface area contributed by atoms with E-state index < -0.39 is 37.7 Å². The van der Waals surface area contributed by atoms with Crippen LogP contribution < -0.4 is 10.6 Å². The van der Waals surface area contributed by atoms with E-state index in [1.807, 2.05) is 0 Å². The van der Waals surface area contributed by atoms with Gasteiger partial charge >= 0.3 is 6.09 Å². The van der Waals surface area contributed by atoms with Gasteiger partial charge in [-0.3, -0.25) is 0 Å². The molecule has 0 atom stereocenters. The summed E-state index contributed by atoms with van der Waals surface area (Å²) in [6.07, 6.45) is -1.52. The summed E-state index contributed by atoms with van der Waals surface area (Å²) in [4.78, 5) is 12.8. The van der Waals surface area contributed by atoms with Crippen LogP contribution in [-0.4, -0.2) is 42.6 Å². The number of anilines is 2. The summed E-state index contributed by atoms with van der Waals surface area (Å²) in [7, 11) is 0. The topological polar surface area (TPSA) is 58.8 Å². The molecule has 0 bridgehead atoms. The van der Waals surface area contributed by atoms with Crippen LogP contribution in [0.3, 0.4) is 0 Å². The van der Waals surface area contributed by atoms with Crippen molar-refractivity contribution in [1.29, 1.82) is 0 Å². The minimum Gasteiger partial charge on any atom is -0.444 e. The molecule has 21 heavy (non-hydrogen) atoms. The van der Waals surface area contributed by atoms with Gasteiger partial charge in [-0.25, -0.2) is 4.79 Å². The fraction of sp³-hybridized carbons (Fsp3) is 0.533. The lowest BCUT2D eigenvalue weighted by Gasteiger charge is -2.37. The molecule has 0 aromatic heterocycles. The molecule has 5 nitrogen and oxygen atoms in total. The molecular weight excluding hydrogens is 334 g/mol. The molecule has 1 fully saturated rings. The van der Waals surface area contributed by atoms with E-state index in [9.17, 15) is 4.79 Å². The van der Waals surface area contributed by atoms with E-state index in [-0.39, 0.29) is 16.3 Å². The Balaban J connectivity index is 2.74. The summed E-state index contributed by atoms with van der Waals surface area (Å²) in [6.45, 7) is -8.69. The summed E-state index contributed by atoms with van der Waals surface area (Å²) >= 11 is 3.18. The number of halogens is 1. The average Bonchev–Trinajstić information content (AvgIpc) is 2.45. The Morgan fingerprint density at radius 3 is 2.48 bits per heavy atom. The Morgan fingerprint density at radius 1 is 1.33 bits per heavy atom. The fourth-order valence-corrected chi connectivity index (χ4v) is 1.88. The van der Waals surface area contributed by atoms with Crippen molar-refractivity contribution in [3.05, 3.63) is 22.7 Å². The zero-order chi connectivity index (χ0) is 22.8. The van der Waals surface area contributed by atoms with Crippen molar-refractivity contribution in [2.75, 3.05) is 36.6 Å². The smallest absolute Gasteiger partial charge is 0.410 e. The Labute approximate surface area is 145 Å². The van der Waals surface area contributed by atoms with Crippen LogP contribution in [0.4, 0.5) is 16.2 Å². The number of hydrogen-bond donors (Lipinski definition) is 1. The summed E-state index contributed by atoms with van der Waals surface area (Å²) in [5.41, 5.74) is 4.38. The van der Waals surface area contributed by atoms with Crippen molar-refractivity contribution in [3.8, 4) is 0 Å². The number of benzene rings is 1. The number of piperazine rings is 1. The van der Waals surface area contributed by atoms with Crippen LogP contribution in [0.15, 0.2) is 22.7 Å². The molecule has 2 rings (SSSR count). The average molecular weight is 364 g/mol. The van der Waals surface area contributed by atoms with Gasteiger partial charge in [0.2, 0.25) is 0 Å². The van der Waals surface area contributed by atoms with Crippen molar-refractivity contribution in [2.45, 2.75) is 26.4 Å². The molecule has 1 aromatic carbocycles. The largest absolute Gasteiger partial charge is 0.444 e. The summed E-state index contributed by atoms with van der Waals surface area (Å²) < 4.78 is 72.0. The van der Waals surface area contributed by atoms with Crippen LogP contribution in [-0.2, 0) is 4.74 Å². The summed E-state index contributed by atoms with van der Waals surface area (Å²) in [5, 5.41) is 0. The number of carbonyl (C=O) groups is 1. The van der Waals surface area contributed by atoms with Crippen LogP contribution in [0, 0.1) is 0 Å². The quantitative estimate of drug-likeness (QED) is 0.778. The van der Waals surface area contributed by atoms with E-state index in [1.54, 1.807) is 0 Å². The molecule has 0 unspecified atom stereocenters. The van der Waals surface area contributed by atoms with Crippen molar-refractivity contribution >= 4 is 33.4 Å². The highest BCUT2D eigenvalue weighted by Crippen LogP contribution is 2.27. The van der Waals surface area contributed by atoms with E-state index in [0.29, 0.717) is 9.37 Å². The molecule has 0 aliphatic carbocycles. The SMILES string of the molecule is [2H]C1([2H])N(C(=O)OC(C)(C)C)C([2H])([2H])C([2H])([2H])N(c2ccc(Br)cc2N)C1([2H])[2H]. The monoisotopic (exact) mass is 363 g/mol. The Kier molecular flexibility index (Phi) is 2.42. The Hall–Kier alpha value is -1.43. The zero-order valence-electron chi connectivity index (χ0n) is 19.9. The second-order valence-corrected chi connectivity index (χ2v) is 6.22. The lowest BCUT2D eigenvalue weighted by molar-refractivity contribution is 0.0240. The number of rotatable bonds is 1. The molecule has 0 spiro atoms. The minimum absolute atomic E-state index is 0.107. The van der Waals surface area contributed by atoms with Crippen LogP contribution in [0.5, 0.6) is 0 Å². The predicted molar refractivity (Wildman–Crippen MR) is 88.6 cm³/mol. The van der Waals surface area contributed by atoms with Gasteiger partial charge in [-0.15, -0.1) is 0 Å². The molecule has 2 N–H and O–H groups in total. The lowest BCUT2D eigenvalue weighted by Crippen LogP contribution is -2.50. The number of amides is 1. The molecule has 0 radical (unpaired) electrons. The van der Waals surface area contributed by atoms with Gasteiger partial charge in [-0.1, -0.05) is 15.9 Å². The molecule has 1 amide bonds. The highest BCUT2D eigenvalue weighted by Gasteiger charge is 2.26. The van der Waals surface area contributed by atoms with E-state index in [0.717, 1.165) is 0 Å². The third-order valence-corrected chi connectivity index (χ3v) is 2.85. The van der Waals surface area contributed by atoms with Gasteiger partial charge in [0.05, 0.1) is 22.3 Å². The van der Waals surface area contributed by atoms with E-state index in [2.05, 4.69) is 15.9 Å². The molecule has 1 aliphatic heterocycles. The number of carbonyl (C=O) groups excluding carboxylic acids is 1. The maximum Gasteiger partial charge on any atom is 0.410 e. The van der Waals surface area contributed by atoms with Crippen molar-refractivity contribution < 1.29 is 20.5 Å². The molecule has 0 saturated carbocycles. The van der Waals surface area contributed by atoms with Crippen LogP contribution in [0.25, 0.3) is 0 Å². The van der Waals surface area contributed by atoms with Gasteiger partial charge in [0.15, 0.2) is 0 Å². The minimum atomic E-state index is -3.33. The van der Waals surface area contributed by atoms with Gasteiger partial charge < -0.3 is 20.3 Å². The van der Waals surface area contributed by atoms with E-state index in [1.165, 1.54) is 39.0 Å².